The van der Waals surface area contributed by atoms with E-state index in [-0.39, 0.29) is 36.1 Å². The van der Waals surface area contributed by atoms with Gasteiger partial charge >= 0.3 is 0 Å². The van der Waals surface area contributed by atoms with Crippen LogP contribution in [0.3, 0.4) is 0 Å². The summed E-state index contributed by atoms with van der Waals surface area (Å²) in [4.78, 5) is 26.9. The smallest absolute Gasteiger partial charge is 0.247 e. The Bertz CT molecular complexity index is 590. The highest BCUT2D eigenvalue weighted by Crippen LogP contribution is 2.25. The minimum atomic E-state index is -0.249. The van der Waals surface area contributed by atoms with Crippen LogP contribution in [0.1, 0.15) is 39.0 Å². The third-order valence-corrected chi connectivity index (χ3v) is 5.26. The van der Waals surface area contributed by atoms with Gasteiger partial charge in [-0.3, -0.25) is 9.59 Å². The molecule has 6 heteroatoms. The van der Waals surface area contributed by atoms with Gasteiger partial charge in [0.15, 0.2) is 0 Å². The first kappa shape index (κ1) is 17.9. The fourth-order valence-corrected chi connectivity index (χ4v) is 3.78. The molecule has 0 aromatic heterocycles. The monoisotopic (exact) mass is 344 g/mol. The van der Waals surface area contributed by atoms with E-state index in [1.165, 1.54) is 19.3 Å². The van der Waals surface area contributed by atoms with E-state index in [1.54, 1.807) is 0 Å². The van der Waals surface area contributed by atoms with Gasteiger partial charge in [0, 0.05) is 18.5 Å². The summed E-state index contributed by atoms with van der Waals surface area (Å²) in [6.45, 7) is 5.29. The summed E-state index contributed by atoms with van der Waals surface area (Å²) >= 11 is 0. The predicted octanol–water partition coefficient (Wildman–Crippen LogP) is 1.60. The van der Waals surface area contributed by atoms with Crippen LogP contribution in [0.5, 0.6) is 0 Å². The van der Waals surface area contributed by atoms with Crippen molar-refractivity contribution >= 4 is 17.5 Å². The number of fused-ring (bicyclic) bond motifs is 1. The standard InChI is InChI=1S/C19H28N4O2/c1-2-14(13-23-10-6-3-7-11-23)20-18(24)12-17-15-8-4-5-9-16(15)19(25)22-21-17/h4-5,8-9,14-16H,2-3,6-7,10-13H2,1H3,(H,20,24)(H,22,25)/t14-,15-,16-/m1/s1. The first-order valence-corrected chi connectivity index (χ1v) is 9.40. The minimum absolute atomic E-state index is 0.0135. The average molecular weight is 344 g/mol. The van der Waals surface area contributed by atoms with Crippen LogP contribution in [0.15, 0.2) is 29.4 Å². The van der Waals surface area contributed by atoms with Crippen LogP contribution in [0.2, 0.25) is 0 Å². The molecule has 2 N–H and O–H groups in total. The van der Waals surface area contributed by atoms with Gasteiger partial charge < -0.3 is 10.2 Å². The number of nitrogens with zero attached hydrogens (tertiary/aromatic N) is 2. The van der Waals surface area contributed by atoms with Crippen molar-refractivity contribution in [1.29, 1.82) is 0 Å². The number of rotatable bonds is 6. The molecule has 136 valence electrons. The largest absolute Gasteiger partial charge is 0.352 e. The quantitative estimate of drug-likeness (QED) is 0.769. The maximum atomic E-state index is 12.5. The van der Waals surface area contributed by atoms with Gasteiger partial charge in [-0.05, 0) is 32.4 Å². The molecule has 0 saturated carbocycles. The van der Waals surface area contributed by atoms with Gasteiger partial charge in [0.25, 0.3) is 0 Å². The Hall–Kier alpha value is -1.95. The second-order valence-electron chi connectivity index (χ2n) is 7.11. The lowest BCUT2D eigenvalue weighted by Gasteiger charge is -2.31. The van der Waals surface area contributed by atoms with Crippen LogP contribution in [-0.2, 0) is 9.59 Å². The molecule has 0 aromatic carbocycles. The molecular formula is C19H28N4O2. The van der Waals surface area contributed by atoms with Crippen LogP contribution >= 0.6 is 0 Å². The molecule has 25 heavy (non-hydrogen) atoms. The van der Waals surface area contributed by atoms with Crippen LogP contribution in [0.4, 0.5) is 0 Å². The number of allylic oxidation sites excluding steroid dienone is 3. The Morgan fingerprint density at radius 1 is 1.28 bits per heavy atom. The fraction of sp³-hybridized carbons (Fsp3) is 0.632. The van der Waals surface area contributed by atoms with Gasteiger partial charge in [-0.15, -0.1) is 0 Å². The Morgan fingerprint density at radius 2 is 2.00 bits per heavy atom. The highest BCUT2D eigenvalue weighted by molar-refractivity contribution is 6.07. The topological polar surface area (TPSA) is 73.8 Å². The molecule has 1 aliphatic carbocycles. The Balaban J connectivity index is 1.54. The van der Waals surface area contributed by atoms with E-state index in [9.17, 15) is 9.59 Å². The zero-order valence-corrected chi connectivity index (χ0v) is 14.9. The maximum absolute atomic E-state index is 12.5. The number of nitrogens with one attached hydrogen (secondary N) is 2. The van der Waals surface area contributed by atoms with Gasteiger partial charge in [-0.25, -0.2) is 5.43 Å². The number of carbonyl (C=O) groups excluding carboxylic acids is 2. The van der Waals surface area contributed by atoms with E-state index in [0.29, 0.717) is 0 Å². The van der Waals surface area contributed by atoms with Crippen molar-refractivity contribution in [2.24, 2.45) is 16.9 Å². The zero-order chi connectivity index (χ0) is 17.6. The van der Waals surface area contributed by atoms with Crippen molar-refractivity contribution in [2.75, 3.05) is 19.6 Å². The SMILES string of the molecule is CC[C@H](CN1CCCCC1)NC(=O)CC1=NNC(=O)[C@@H]2C=CC=C[C@@H]12. The molecule has 3 rings (SSSR count). The molecule has 3 atom stereocenters. The fourth-order valence-electron chi connectivity index (χ4n) is 3.78. The first-order chi connectivity index (χ1) is 12.2. The normalized spacial score (nSPS) is 27.2. The minimum Gasteiger partial charge on any atom is -0.352 e. The second-order valence-corrected chi connectivity index (χ2v) is 7.11. The lowest BCUT2D eigenvalue weighted by Crippen LogP contribution is -2.47. The summed E-state index contributed by atoms with van der Waals surface area (Å²) in [7, 11) is 0. The summed E-state index contributed by atoms with van der Waals surface area (Å²) < 4.78 is 0. The first-order valence-electron chi connectivity index (χ1n) is 9.40. The predicted molar refractivity (Wildman–Crippen MR) is 98.0 cm³/mol. The highest BCUT2D eigenvalue weighted by atomic mass is 16.2. The summed E-state index contributed by atoms with van der Waals surface area (Å²) in [5.74, 6) is -0.473. The van der Waals surface area contributed by atoms with Crippen molar-refractivity contribution in [2.45, 2.75) is 45.1 Å². The molecule has 2 heterocycles. The number of likely N-dealkylation sites (tertiary alicyclic amines) is 1. The van der Waals surface area contributed by atoms with E-state index < -0.39 is 0 Å². The van der Waals surface area contributed by atoms with Crippen molar-refractivity contribution in [3.05, 3.63) is 24.3 Å². The number of hydrazone groups is 1. The number of piperidine rings is 1. The molecule has 0 unspecified atom stereocenters. The van der Waals surface area contributed by atoms with E-state index >= 15 is 0 Å². The van der Waals surface area contributed by atoms with Gasteiger partial charge in [-0.2, -0.15) is 5.10 Å². The molecule has 3 aliphatic rings. The van der Waals surface area contributed by atoms with E-state index in [4.69, 9.17) is 0 Å². The lowest BCUT2D eigenvalue weighted by atomic mass is 9.82. The van der Waals surface area contributed by atoms with Gasteiger partial charge in [0.05, 0.1) is 18.1 Å². The van der Waals surface area contributed by atoms with E-state index in [1.807, 2.05) is 24.3 Å². The molecule has 0 spiro atoms. The van der Waals surface area contributed by atoms with Crippen LogP contribution in [-0.4, -0.2) is 48.1 Å². The highest BCUT2D eigenvalue weighted by Gasteiger charge is 2.34. The Kier molecular flexibility index (Phi) is 6.02. The molecule has 0 bridgehead atoms. The Morgan fingerprint density at radius 3 is 2.72 bits per heavy atom. The maximum Gasteiger partial charge on any atom is 0.247 e. The third-order valence-electron chi connectivity index (χ3n) is 5.26. The average Bonchev–Trinajstić information content (AvgIpc) is 2.64. The number of hydrogen-bond acceptors (Lipinski definition) is 4. The molecule has 0 radical (unpaired) electrons. The van der Waals surface area contributed by atoms with Crippen molar-refractivity contribution in [3.8, 4) is 0 Å². The summed E-state index contributed by atoms with van der Waals surface area (Å²) in [6.07, 6.45) is 12.6. The molecule has 1 fully saturated rings. The summed E-state index contributed by atoms with van der Waals surface area (Å²) in [5, 5.41) is 7.30. The zero-order valence-electron chi connectivity index (χ0n) is 14.9. The van der Waals surface area contributed by atoms with Crippen LogP contribution < -0.4 is 10.7 Å². The number of hydrogen-bond donors (Lipinski definition) is 2. The number of amides is 2. The number of carbonyl (C=O) groups is 2. The van der Waals surface area contributed by atoms with Crippen molar-refractivity contribution in [3.63, 3.8) is 0 Å². The molecule has 2 amide bonds. The van der Waals surface area contributed by atoms with Crippen molar-refractivity contribution in [1.82, 2.24) is 15.6 Å². The molecule has 6 nitrogen and oxygen atoms in total. The third kappa shape index (κ3) is 4.57. The lowest BCUT2D eigenvalue weighted by molar-refractivity contribution is -0.125. The van der Waals surface area contributed by atoms with Crippen molar-refractivity contribution < 1.29 is 9.59 Å². The molecule has 2 aliphatic heterocycles. The summed E-state index contributed by atoms with van der Waals surface area (Å²) in [6, 6.07) is 0.168. The van der Waals surface area contributed by atoms with Crippen LogP contribution in [0, 0.1) is 11.8 Å². The molecule has 0 aromatic rings. The van der Waals surface area contributed by atoms with E-state index in [0.717, 1.165) is 31.8 Å². The van der Waals surface area contributed by atoms with Crippen LogP contribution in [0.25, 0.3) is 0 Å². The summed E-state index contributed by atoms with van der Waals surface area (Å²) in [5.41, 5.74) is 3.28. The second kappa shape index (κ2) is 8.43. The van der Waals surface area contributed by atoms with Gasteiger partial charge in [0.2, 0.25) is 11.8 Å². The molecule has 1 saturated heterocycles. The van der Waals surface area contributed by atoms with E-state index in [2.05, 4.69) is 27.7 Å². The molecular weight excluding hydrogens is 316 g/mol. The Labute approximate surface area is 149 Å². The van der Waals surface area contributed by atoms with Gasteiger partial charge in [0.1, 0.15) is 0 Å². The van der Waals surface area contributed by atoms with Gasteiger partial charge in [-0.1, -0.05) is 37.6 Å².